The SMILES string of the molecule is O=C(COc1ccc([N+](=O)[O-])cc1[N+](=O)[O-])Nc1ccccc1C(=O)Nc1nccs1. The molecule has 0 bridgehead atoms. The number of carbonyl (C=O) groups excluding carboxylic acids is 2. The molecule has 0 aliphatic heterocycles. The van der Waals surface area contributed by atoms with Gasteiger partial charge in [0.15, 0.2) is 17.5 Å². The van der Waals surface area contributed by atoms with Crippen molar-refractivity contribution in [2.45, 2.75) is 0 Å². The van der Waals surface area contributed by atoms with Gasteiger partial charge in [0.1, 0.15) is 0 Å². The van der Waals surface area contributed by atoms with Crippen LogP contribution in [0.1, 0.15) is 10.4 Å². The van der Waals surface area contributed by atoms with Gasteiger partial charge < -0.3 is 10.1 Å². The zero-order valence-electron chi connectivity index (χ0n) is 15.5. The minimum absolute atomic E-state index is 0.173. The number of non-ortho nitro benzene ring substituents is 1. The van der Waals surface area contributed by atoms with E-state index in [9.17, 15) is 29.8 Å². The van der Waals surface area contributed by atoms with E-state index in [0.29, 0.717) is 5.13 Å². The van der Waals surface area contributed by atoms with Gasteiger partial charge in [-0.05, 0) is 18.2 Å². The van der Waals surface area contributed by atoms with Gasteiger partial charge in [0, 0.05) is 17.6 Å². The summed E-state index contributed by atoms with van der Waals surface area (Å²) in [5.74, 6) is -1.49. The molecule has 13 heteroatoms. The normalized spacial score (nSPS) is 10.2. The van der Waals surface area contributed by atoms with Crippen molar-refractivity contribution in [2.24, 2.45) is 0 Å². The Kier molecular flexibility index (Phi) is 6.47. The van der Waals surface area contributed by atoms with Crippen LogP contribution in [0.4, 0.5) is 22.2 Å². The molecule has 2 aromatic carbocycles. The fourth-order valence-corrected chi connectivity index (χ4v) is 2.98. The molecule has 0 atom stereocenters. The van der Waals surface area contributed by atoms with E-state index in [2.05, 4.69) is 15.6 Å². The second-order valence-corrected chi connectivity index (χ2v) is 6.73. The average molecular weight is 443 g/mol. The highest BCUT2D eigenvalue weighted by atomic mass is 32.1. The Morgan fingerprint density at radius 3 is 2.52 bits per heavy atom. The van der Waals surface area contributed by atoms with Crippen molar-refractivity contribution in [3.8, 4) is 5.75 Å². The molecule has 1 heterocycles. The van der Waals surface area contributed by atoms with Crippen LogP contribution in [0, 0.1) is 20.2 Å². The highest BCUT2D eigenvalue weighted by molar-refractivity contribution is 7.13. The molecule has 0 saturated carbocycles. The molecule has 3 rings (SSSR count). The number of aromatic nitrogens is 1. The van der Waals surface area contributed by atoms with E-state index in [4.69, 9.17) is 4.74 Å². The molecular formula is C18H13N5O7S. The molecule has 0 saturated heterocycles. The highest BCUT2D eigenvalue weighted by Gasteiger charge is 2.22. The van der Waals surface area contributed by atoms with Gasteiger partial charge in [0.05, 0.1) is 27.2 Å². The second kappa shape index (κ2) is 9.41. The van der Waals surface area contributed by atoms with Crippen LogP contribution < -0.4 is 15.4 Å². The van der Waals surface area contributed by atoms with Crippen molar-refractivity contribution in [2.75, 3.05) is 17.2 Å². The number of nitrogens with zero attached hydrogens (tertiary/aromatic N) is 3. The zero-order valence-corrected chi connectivity index (χ0v) is 16.3. The monoisotopic (exact) mass is 443 g/mol. The Morgan fingerprint density at radius 1 is 1.06 bits per heavy atom. The number of benzene rings is 2. The van der Waals surface area contributed by atoms with Gasteiger partial charge in [0.2, 0.25) is 0 Å². The summed E-state index contributed by atoms with van der Waals surface area (Å²) >= 11 is 1.23. The molecule has 2 N–H and O–H groups in total. The molecule has 158 valence electrons. The molecule has 31 heavy (non-hydrogen) atoms. The Balaban J connectivity index is 1.69. The number of amides is 2. The van der Waals surface area contributed by atoms with E-state index in [1.807, 2.05) is 0 Å². The van der Waals surface area contributed by atoms with E-state index in [1.54, 1.807) is 17.5 Å². The summed E-state index contributed by atoms with van der Waals surface area (Å²) in [6.45, 7) is -0.624. The predicted octanol–water partition coefficient (Wildman–Crippen LogP) is 3.23. The number of carbonyl (C=O) groups is 2. The van der Waals surface area contributed by atoms with Crippen molar-refractivity contribution in [1.82, 2.24) is 4.98 Å². The van der Waals surface area contributed by atoms with Crippen LogP contribution >= 0.6 is 11.3 Å². The first kappa shape index (κ1) is 21.3. The molecule has 12 nitrogen and oxygen atoms in total. The summed E-state index contributed by atoms with van der Waals surface area (Å²) in [5, 5.41) is 29.1. The van der Waals surface area contributed by atoms with E-state index < -0.39 is 39.6 Å². The molecule has 0 unspecified atom stereocenters. The highest BCUT2D eigenvalue weighted by Crippen LogP contribution is 2.31. The number of nitro groups is 2. The zero-order chi connectivity index (χ0) is 22.4. The third kappa shape index (κ3) is 5.36. The van der Waals surface area contributed by atoms with Crippen LogP contribution in [0.25, 0.3) is 0 Å². The van der Waals surface area contributed by atoms with Gasteiger partial charge in [-0.1, -0.05) is 12.1 Å². The lowest BCUT2D eigenvalue weighted by molar-refractivity contribution is -0.394. The molecule has 2 amide bonds. The predicted molar refractivity (Wildman–Crippen MR) is 110 cm³/mol. The summed E-state index contributed by atoms with van der Waals surface area (Å²) in [6.07, 6.45) is 1.53. The molecule has 0 aliphatic rings. The van der Waals surface area contributed by atoms with Crippen LogP contribution in [0.3, 0.4) is 0 Å². The Hall–Kier alpha value is -4.39. The molecule has 0 spiro atoms. The quantitative estimate of drug-likeness (QED) is 0.395. The van der Waals surface area contributed by atoms with E-state index in [1.165, 1.54) is 29.7 Å². The maximum atomic E-state index is 12.4. The summed E-state index contributed by atoms with van der Waals surface area (Å²) in [7, 11) is 0. The largest absolute Gasteiger partial charge is 0.477 e. The minimum Gasteiger partial charge on any atom is -0.477 e. The minimum atomic E-state index is -0.849. The van der Waals surface area contributed by atoms with E-state index in [0.717, 1.165) is 18.2 Å². The Morgan fingerprint density at radius 2 is 1.84 bits per heavy atom. The third-order valence-corrected chi connectivity index (χ3v) is 4.50. The van der Waals surface area contributed by atoms with E-state index >= 15 is 0 Å². The van der Waals surface area contributed by atoms with Crippen LogP contribution in [-0.2, 0) is 4.79 Å². The number of hydrogen-bond acceptors (Lipinski definition) is 9. The second-order valence-electron chi connectivity index (χ2n) is 5.84. The number of anilines is 2. The van der Waals surface area contributed by atoms with Gasteiger partial charge in [0.25, 0.3) is 17.5 Å². The van der Waals surface area contributed by atoms with Crippen LogP contribution in [0.5, 0.6) is 5.75 Å². The molecule has 3 aromatic rings. The Bertz CT molecular complexity index is 1150. The number of ether oxygens (including phenoxy) is 1. The number of rotatable bonds is 8. The lowest BCUT2D eigenvalue weighted by Crippen LogP contribution is -2.23. The number of nitrogens with one attached hydrogen (secondary N) is 2. The maximum Gasteiger partial charge on any atom is 0.317 e. The summed E-state index contributed by atoms with van der Waals surface area (Å²) in [4.78, 5) is 49.0. The molecule has 1 aromatic heterocycles. The smallest absolute Gasteiger partial charge is 0.317 e. The van der Waals surface area contributed by atoms with Gasteiger partial charge >= 0.3 is 5.69 Å². The van der Waals surface area contributed by atoms with Crippen molar-refractivity contribution in [1.29, 1.82) is 0 Å². The van der Waals surface area contributed by atoms with Crippen molar-refractivity contribution >= 4 is 45.3 Å². The molecule has 0 fully saturated rings. The van der Waals surface area contributed by atoms with Crippen molar-refractivity contribution < 1.29 is 24.2 Å². The van der Waals surface area contributed by atoms with Gasteiger partial charge in [-0.2, -0.15) is 0 Å². The fraction of sp³-hybridized carbons (Fsp3) is 0.0556. The average Bonchev–Trinajstić information content (AvgIpc) is 3.25. The molecular weight excluding hydrogens is 430 g/mol. The van der Waals surface area contributed by atoms with Gasteiger partial charge in [-0.25, -0.2) is 4.98 Å². The maximum absolute atomic E-state index is 12.4. The number of para-hydroxylation sites is 1. The fourth-order valence-electron chi connectivity index (χ4n) is 2.45. The first-order valence-electron chi connectivity index (χ1n) is 8.50. The van der Waals surface area contributed by atoms with Gasteiger partial charge in [-0.3, -0.25) is 35.1 Å². The first-order valence-corrected chi connectivity index (χ1v) is 9.38. The van der Waals surface area contributed by atoms with Crippen LogP contribution in [0.15, 0.2) is 54.0 Å². The lowest BCUT2D eigenvalue weighted by atomic mass is 10.1. The molecule has 0 radical (unpaired) electrons. The summed E-state index contributed by atoms with van der Waals surface area (Å²) < 4.78 is 5.17. The molecule has 0 aliphatic carbocycles. The van der Waals surface area contributed by atoms with E-state index in [-0.39, 0.29) is 17.0 Å². The van der Waals surface area contributed by atoms with Crippen molar-refractivity contribution in [3.63, 3.8) is 0 Å². The number of hydrogen-bond donors (Lipinski definition) is 2. The summed E-state index contributed by atoms with van der Waals surface area (Å²) in [6, 6.07) is 9.04. The number of thiazole rings is 1. The van der Waals surface area contributed by atoms with Crippen LogP contribution in [-0.4, -0.2) is 33.3 Å². The third-order valence-electron chi connectivity index (χ3n) is 3.81. The van der Waals surface area contributed by atoms with Crippen molar-refractivity contribution in [3.05, 3.63) is 79.8 Å². The lowest BCUT2D eigenvalue weighted by Gasteiger charge is -2.11. The summed E-state index contributed by atoms with van der Waals surface area (Å²) in [5.41, 5.74) is -0.760. The standard InChI is InChI=1S/C18H13N5O7S/c24-16(10-30-15-6-5-11(22(26)27)9-14(15)23(28)29)20-13-4-2-1-3-12(13)17(25)21-18-19-7-8-31-18/h1-9H,10H2,(H,20,24)(H,19,21,25). The first-order chi connectivity index (χ1) is 14.8. The topological polar surface area (TPSA) is 167 Å². The Labute approximate surface area is 177 Å². The number of nitro benzene ring substituents is 2. The van der Waals surface area contributed by atoms with Gasteiger partial charge in [-0.15, -0.1) is 11.3 Å². The van der Waals surface area contributed by atoms with Crippen LogP contribution in [0.2, 0.25) is 0 Å².